The highest BCUT2D eigenvalue weighted by molar-refractivity contribution is 7.89. The summed E-state index contributed by atoms with van der Waals surface area (Å²) in [6.07, 6.45) is 2.22. The van der Waals surface area contributed by atoms with E-state index in [2.05, 4.69) is 4.72 Å². The van der Waals surface area contributed by atoms with E-state index in [1.54, 1.807) is 12.1 Å². The Morgan fingerprint density at radius 3 is 2.04 bits per heavy atom. The predicted molar refractivity (Wildman–Crippen MR) is 92.2 cm³/mol. The predicted octanol–water partition coefficient (Wildman–Crippen LogP) is 2.79. The minimum absolute atomic E-state index is 0.189. The van der Waals surface area contributed by atoms with Crippen molar-refractivity contribution in [1.29, 1.82) is 0 Å². The van der Waals surface area contributed by atoms with Gasteiger partial charge in [0.25, 0.3) is 0 Å². The van der Waals surface area contributed by atoms with Gasteiger partial charge in [0, 0.05) is 18.2 Å². The van der Waals surface area contributed by atoms with Gasteiger partial charge in [-0.2, -0.15) is 0 Å². The summed E-state index contributed by atoms with van der Waals surface area (Å²) in [4.78, 5) is 0.209. The van der Waals surface area contributed by atoms with Crippen molar-refractivity contribution >= 4 is 21.6 Å². The van der Waals surface area contributed by atoms with Crippen molar-refractivity contribution in [1.82, 2.24) is 4.72 Å². The summed E-state index contributed by atoms with van der Waals surface area (Å²) in [6, 6.07) is 14.1. The number of aliphatic hydroxyl groups is 1. The van der Waals surface area contributed by atoms with E-state index in [-0.39, 0.29) is 11.5 Å². The van der Waals surface area contributed by atoms with Gasteiger partial charge in [0.05, 0.1) is 4.90 Å². The first-order valence-corrected chi connectivity index (χ1v) is 9.31. The van der Waals surface area contributed by atoms with Crippen molar-refractivity contribution in [2.75, 3.05) is 13.2 Å². The van der Waals surface area contributed by atoms with Gasteiger partial charge in [0.15, 0.2) is 0 Å². The van der Waals surface area contributed by atoms with Crippen molar-refractivity contribution in [2.45, 2.75) is 24.2 Å². The number of rotatable bonds is 8. The number of aryl methyl sites for hydroxylation is 1. The van der Waals surface area contributed by atoms with E-state index in [9.17, 15) is 8.42 Å². The number of sulfonamides is 1. The van der Waals surface area contributed by atoms with Crippen LogP contribution in [0.5, 0.6) is 0 Å². The van der Waals surface area contributed by atoms with Crippen LogP contribution >= 0.6 is 11.6 Å². The normalized spacial score (nSPS) is 11.6. The maximum Gasteiger partial charge on any atom is 0.240 e. The molecule has 6 heteroatoms. The molecule has 0 atom stereocenters. The molecule has 0 bridgehead atoms. The third-order valence-corrected chi connectivity index (χ3v) is 5.21. The standard InChI is InChI=1S/C17H20ClNO3S/c18-16-7-9-17(10-8-16)23(21,22)19-12-11-15-5-3-14(4-6-15)2-1-13-20/h3-10,19-20H,1-2,11-13H2. The molecule has 0 aliphatic carbocycles. The Hall–Kier alpha value is -1.40. The zero-order valence-electron chi connectivity index (χ0n) is 12.7. The number of aliphatic hydroxyl groups excluding tert-OH is 1. The largest absolute Gasteiger partial charge is 0.396 e. The smallest absolute Gasteiger partial charge is 0.240 e. The third-order valence-electron chi connectivity index (χ3n) is 3.48. The van der Waals surface area contributed by atoms with Gasteiger partial charge in [-0.25, -0.2) is 13.1 Å². The molecule has 0 saturated carbocycles. The highest BCUT2D eigenvalue weighted by Crippen LogP contribution is 2.14. The van der Waals surface area contributed by atoms with Crippen molar-refractivity contribution in [3.05, 3.63) is 64.7 Å². The first kappa shape index (κ1) is 17.9. The van der Waals surface area contributed by atoms with Crippen LogP contribution in [0.1, 0.15) is 17.5 Å². The van der Waals surface area contributed by atoms with Crippen LogP contribution in [0.25, 0.3) is 0 Å². The molecule has 2 rings (SSSR count). The van der Waals surface area contributed by atoms with E-state index in [1.165, 1.54) is 17.7 Å². The monoisotopic (exact) mass is 353 g/mol. The molecule has 0 unspecified atom stereocenters. The number of hydrogen-bond acceptors (Lipinski definition) is 3. The fourth-order valence-electron chi connectivity index (χ4n) is 2.18. The lowest BCUT2D eigenvalue weighted by atomic mass is 10.1. The fourth-order valence-corrected chi connectivity index (χ4v) is 3.34. The summed E-state index contributed by atoms with van der Waals surface area (Å²) in [6.45, 7) is 0.523. The Balaban J connectivity index is 1.87. The van der Waals surface area contributed by atoms with Gasteiger partial charge in [0.1, 0.15) is 0 Å². The lowest BCUT2D eigenvalue weighted by molar-refractivity contribution is 0.288. The fraction of sp³-hybridized carbons (Fsp3) is 0.294. The summed E-state index contributed by atoms with van der Waals surface area (Å²) in [5.74, 6) is 0. The molecule has 23 heavy (non-hydrogen) atoms. The minimum Gasteiger partial charge on any atom is -0.396 e. The van der Waals surface area contributed by atoms with E-state index in [4.69, 9.17) is 16.7 Å². The molecule has 2 aromatic rings. The van der Waals surface area contributed by atoms with E-state index in [1.807, 2.05) is 24.3 Å². The van der Waals surface area contributed by atoms with E-state index in [0.717, 1.165) is 18.4 Å². The average molecular weight is 354 g/mol. The van der Waals surface area contributed by atoms with Gasteiger partial charge >= 0.3 is 0 Å². The molecule has 2 N–H and O–H groups in total. The minimum atomic E-state index is -3.50. The topological polar surface area (TPSA) is 66.4 Å². The van der Waals surface area contributed by atoms with Crippen LogP contribution in [-0.2, 0) is 22.9 Å². The summed E-state index contributed by atoms with van der Waals surface area (Å²) >= 11 is 5.76. The second-order valence-corrected chi connectivity index (χ2v) is 7.45. The molecular weight excluding hydrogens is 334 g/mol. The van der Waals surface area contributed by atoms with Gasteiger partial charge in [-0.05, 0) is 54.7 Å². The summed E-state index contributed by atoms with van der Waals surface area (Å²) in [5.41, 5.74) is 2.24. The van der Waals surface area contributed by atoms with Gasteiger partial charge < -0.3 is 5.11 Å². The van der Waals surface area contributed by atoms with Crippen molar-refractivity contribution < 1.29 is 13.5 Å². The highest BCUT2D eigenvalue weighted by Gasteiger charge is 2.12. The van der Waals surface area contributed by atoms with Crippen LogP contribution < -0.4 is 4.72 Å². The van der Waals surface area contributed by atoms with Crippen molar-refractivity contribution in [3.8, 4) is 0 Å². The average Bonchev–Trinajstić information content (AvgIpc) is 2.54. The van der Waals surface area contributed by atoms with Crippen LogP contribution in [-0.4, -0.2) is 26.7 Å². The number of halogens is 1. The molecule has 0 aliphatic rings. The van der Waals surface area contributed by atoms with Crippen molar-refractivity contribution in [3.63, 3.8) is 0 Å². The van der Waals surface area contributed by atoms with Crippen LogP contribution in [0.2, 0.25) is 5.02 Å². The number of hydrogen-bond donors (Lipinski definition) is 2. The molecule has 0 spiro atoms. The Labute approximate surface area is 142 Å². The summed E-state index contributed by atoms with van der Waals surface area (Å²) in [7, 11) is -3.50. The number of benzene rings is 2. The molecule has 0 heterocycles. The van der Waals surface area contributed by atoms with Gasteiger partial charge in [0.2, 0.25) is 10.0 Å². The second kappa shape index (κ2) is 8.45. The molecule has 0 aliphatic heterocycles. The van der Waals surface area contributed by atoms with E-state index >= 15 is 0 Å². The molecule has 4 nitrogen and oxygen atoms in total. The van der Waals surface area contributed by atoms with Crippen molar-refractivity contribution in [2.24, 2.45) is 0 Å². The third kappa shape index (κ3) is 5.62. The van der Waals surface area contributed by atoms with Crippen LogP contribution in [0.15, 0.2) is 53.4 Å². The Morgan fingerprint density at radius 2 is 1.48 bits per heavy atom. The van der Waals surface area contributed by atoms with Crippen LogP contribution in [0, 0.1) is 0 Å². The highest BCUT2D eigenvalue weighted by atomic mass is 35.5. The van der Waals surface area contributed by atoms with Gasteiger partial charge in [-0.3, -0.25) is 0 Å². The Kier molecular flexibility index (Phi) is 6.59. The van der Waals surface area contributed by atoms with Gasteiger partial charge in [-0.15, -0.1) is 0 Å². The van der Waals surface area contributed by atoms with E-state index in [0.29, 0.717) is 18.0 Å². The molecule has 0 fully saturated rings. The maximum atomic E-state index is 12.1. The van der Waals surface area contributed by atoms with E-state index < -0.39 is 10.0 Å². The molecule has 0 amide bonds. The molecule has 0 radical (unpaired) electrons. The molecule has 0 aromatic heterocycles. The first-order valence-electron chi connectivity index (χ1n) is 7.45. The maximum absolute atomic E-state index is 12.1. The zero-order valence-corrected chi connectivity index (χ0v) is 14.3. The van der Waals surface area contributed by atoms with Crippen LogP contribution in [0.4, 0.5) is 0 Å². The molecule has 0 saturated heterocycles. The summed E-state index contributed by atoms with van der Waals surface area (Å²) in [5, 5.41) is 9.32. The van der Waals surface area contributed by atoms with Gasteiger partial charge in [-0.1, -0.05) is 35.9 Å². The molecule has 124 valence electrons. The number of nitrogens with one attached hydrogen (secondary N) is 1. The quantitative estimate of drug-likeness (QED) is 0.766. The molecule has 2 aromatic carbocycles. The second-order valence-electron chi connectivity index (χ2n) is 5.25. The molecular formula is C17H20ClNO3S. The lowest BCUT2D eigenvalue weighted by Gasteiger charge is -2.07. The zero-order chi connectivity index (χ0) is 16.7. The lowest BCUT2D eigenvalue weighted by Crippen LogP contribution is -2.25. The van der Waals surface area contributed by atoms with Crippen LogP contribution in [0.3, 0.4) is 0 Å². The summed E-state index contributed by atoms with van der Waals surface area (Å²) < 4.78 is 26.8. The Morgan fingerprint density at radius 1 is 0.913 bits per heavy atom. The first-order chi connectivity index (χ1) is 11.0. The Bertz CT molecular complexity index is 713. The SMILES string of the molecule is O=S(=O)(NCCc1ccc(CCCO)cc1)c1ccc(Cl)cc1.